The summed E-state index contributed by atoms with van der Waals surface area (Å²) >= 11 is 1.45. The fraction of sp³-hybridized carbons (Fsp3) is 0.389. The molecule has 0 saturated carbocycles. The van der Waals surface area contributed by atoms with E-state index in [1.165, 1.54) is 37.3 Å². The second-order valence-electron chi connectivity index (χ2n) is 6.55. The number of hydrogen-bond donors (Lipinski definition) is 2. The van der Waals surface area contributed by atoms with Crippen LogP contribution in [0.15, 0.2) is 30.3 Å². The molecule has 1 aromatic heterocycles. The SMILES string of the molecule is NC(=O)c1sc(-c2cccc(O)c2)cc1C1CN2CCC1CC2. The molecule has 23 heavy (non-hydrogen) atoms. The molecule has 120 valence electrons. The monoisotopic (exact) mass is 328 g/mol. The van der Waals surface area contributed by atoms with E-state index < -0.39 is 0 Å². The first kappa shape index (κ1) is 14.7. The van der Waals surface area contributed by atoms with Crippen LogP contribution in [0.5, 0.6) is 5.75 Å². The minimum atomic E-state index is -0.340. The minimum Gasteiger partial charge on any atom is -0.508 e. The first-order valence-corrected chi connectivity index (χ1v) is 8.89. The van der Waals surface area contributed by atoms with Crippen molar-refractivity contribution in [2.75, 3.05) is 19.6 Å². The number of benzene rings is 1. The number of carbonyl (C=O) groups excluding carboxylic acids is 1. The summed E-state index contributed by atoms with van der Waals surface area (Å²) in [5.74, 6) is 0.959. The number of primary amides is 1. The zero-order valence-electron chi connectivity index (χ0n) is 12.9. The van der Waals surface area contributed by atoms with Gasteiger partial charge in [-0.15, -0.1) is 11.3 Å². The Balaban J connectivity index is 1.76. The van der Waals surface area contributed by atoms with Crippen LogP contribution in [0.25, 0.3) is 10.4 Å². The van der Waals surface area contributed by atoms with E-state index in [0.29, 0.717) is 16.7 Å². The van der Waals surface area contributed by atoms with Crippen LogP contribution in [0.2, 0.25) is 0 Å². The van der Waals surface area contributed by atoms with Gasteiger partial charge in [0.05, 0.1) is 4.88 Å². The van der Waals surface area contributed by atoms with Crippen molar-refractivity contribution in [3.63, 3.8) is 0 Å². The summed E-state index contributed by atoms with van der Waals surface area (Å²) in [4.78, 5) is 16.1. The Hall–Kier alpha value is -1.85. The van der Waals surface area contributed by atoms with Crippen molar-refractivity contribution in [1.29, 1.82) is 0 Å². The Bertz CT molecular complexity index is 747. The molecule has 1 unspecified atom stereocenters. The Morgan fingerprint density at radius 3 is 2.65 bits per heavy atom. The maximum Gasteiger partial charge on any atom is 0.259 e. The molecule has 2 bridgehead atoms. The number of amides is 1. The summed E-state index contributed by atoms with van der Waals surface area (Å²) in [6.45, 7) is 3.38. The molecule has 4 heterocycles. The van der Waals surface area contributed by atoms with Gasteiger partial charge in [0.15, 0.2) is 0 Å². The standard InChI is InChI=1S/C18H20N2O2S/c19-18(22)17-14(15-10-20-6-4-11(15)5-7-20)9-16(23-17)12-2-1-3-13(21)8-12/h1-3,8-9,11,15,21H,4-7,10H2,(H2,19,22). The number of phenolic OH excluding ortho intramolecular Hbond substituents is 1. The maximum absolute atomic E-state index is 12.0. The molecule has 5 heteroatoms. The average molecular weight is 328 g/mol. The highest BCUT2D eigenvalue weighted by Gasteiger charge is 2.37. The molecular formula is C18H20N2O2S. The zero-order valence-corrected chi connectivity index (χ0v) is 13.7. The van der Waals surface area contributed by atoms with Crippen LogP contribution in [-0.4, -0.2) is 35.5 Å². The number of thiophene rings is 1. The Morgan fingerprint density at radius 1 is 1.26 bits per heavy atom. The molecule has 1 aromatic carbocycles. The fourth-order valence-electron chi connectivity index (χ4n) is 3.99. The van der Waals surface area contributed by atoms with Crippen molar-refractivity contribution in [2.24, 2.45) is 11.7 Å². The summed E-state index contributed by atoms with van der Waals surface area (Å²) in [5, 5.41) is 9.70. The van der Waals surface area contributed by atoms with Gasteiger partial charge in [0.1, 0.15) is 5.75 Å². The van der Waals surface area contributed by atoms with Gasteiger partial charge in [0.2, 0.25) is 0 Å². The van der Waals surface area contributed by atoms with Crippen LogP contribution in [0, 0.1) is 5.92 Å². The number of aromatic hydroxyl groups is 1. The molecule has 3 aliphatic heterocycles. The number of piperidine rings is 3. The minimum absolute atomic E-state index is 0.237. The van der Waals surface area contributed by atoms with E-state index in [2.05, 4.69) is 11.0 Å². The Labute approximate surface area is 139 Å². The van der Waals surface area contributed by atoms with Crippen molar-refractivity contribution < 1.29 is 9.90 Å². The van der Waals surface area contributed by atoms with Gasteiger partial charge in [-0.05, 0) is 61.2 Å². The molecule has 0 aliphatic carbocycles. The van der Waals surface area contributed by atoms with E-state index in [1.54, 1.807) is 12.1 Å². The van der Waals surface area contributed by atoms with Crippen LogP contribution in [0.4, 0.5) is 0 Å². The largest absolute Gasteiger partial charge is 0.508 e. The first-order valence-electron chi connectivity index (χ1n) is 8.07. The molecule has 3 saturated heterocycles. The normalized spacial score (nSPS) is 26.3. The lowest BCUT2D eigenvalue weighted by molar-refractivity contribution is 0.0859. The third kappa shape index (κ3) is 2.64. The molecule has 4 nitrogen and oxygen atoms in total. The molecule has 3 aliphatic rings. The predicted molar refractivity (Wildman–Crippen MR) is 91.8 cm³/mol. The highest BCUT2D eigenvalue weighted by Crippen LogP contribution is 2.44. The molecule has 1 amide bonds. The van der Waals surface area contributed by atoms with Gasteiger partial charge < -0.3 is 15.7 Å². The molecule has 0 spiro atoms. The number of phenols is 1. The van der Waals surface area contributed by atoms with E-state index in [4.69, 9.17) is 5.73 Å². The molecule has 3 fully saturated rings. The fourth-order valence-corrected chi connectivity index (χ4v) is 5.07. The molecule has 0 radical (unpaired) electrons. The molecule has 1 atom stereocenters. The van der Waals surface area contributed by atoms with E-state index in [1.807, 2.05) is 12.1 Å². The lowest BCUT2D eigenvalue weighted by atomic mass is 9.75. The molecule has 3 N–H and O–H groups in total. The summed E-state index contributed by atoms with van der Waals surface area (Å²) < 4.78 is 0. The van der Waals surface area contributed by atoms with Crippen LogP contribution >= 0.6 is 11.3 Å². The number of nitrogens with zero attached hydrogens (tertiary/aromatic N) is 1. The van der Waals surface area contributed by atoms with Crippen molar-refractivity contribution >= 4 is 17.2 Å². The Kier molecular flexibility index (Phi) is 3.62. The predicted octanol–water partition coefficient (Wildman–Crippen LogP) is 3.03. The number of fused-ring (bicyclic) bond motifs is 3. The van der Waals surface area contributed by atoms with Gasteiger partial charge in [0.25, 0.3) is 5.91 Å². The zero-order chi connectivity index (χ0) is 16.0. The van der Waals surface area contributed by atoms with E-state index in [-0.39, 0.29) is 11.7 Å². The van der Waals surface area contributed by atoms with Gasteiger partial charge >= 0.3 is 0 Å². The van der Waals surface area contributed by atoms with Crippen molar-refractivity contribution in [3.05, 3.63) is 40.8 Å². The smallest absolute Gasteiger partial charge is 0.259 e. The number of carbonyl (C=O) groups is 1. The topological polar surface area (TPSA) is 66.6 Å². The molecule has 5 rings (SSSR count). The highest BCUT2D eigenvalue weighted by molar-refractivity contribution is 7.17. The lowest BCUT2D eigenvalue weighted by Crippen LogP contribution is -2.46. The second-order valence-corrected chi connectivity index (χ2v) is 7.61. The molecular weight excluding hydrogens is 308 g/mol. The third-order valence-electron chi connectivity index (χ3n) is 5.17. The third-order valence-corrected chi connectivity index (χ3v) is 6.39. The average Bonchev–Trinajstić information content (AvgIpc) is 3.01. The summed E-state index contributed by atoms with van der Waals surface area (Å²) in [6.07, 6.45) is 2.42. The van der Waals surface area contributed by atoms with Crippen LogP contribution in [0.3, 0.4) is 0 Å². The van der Waals surface area contributed by atoms with Gasteiger partial charge in [-0.3, -0.25) is 4.79 Å². The van der Waals surface area contributed by atoms with E-state index in [0.717, 1.165) is 22.5 Å². The highest BCUT2D eigenvalue weighted by atomic mass is 32.1. The summed E-state index contributed by atoms with van der Waals surface area (Å²) in [7, 11) is 0. The van der Waals surface area contributed by atoms with Crippen molar-refractivity contribution in [2.45, 2.75) is 18.8 Å². The van der Waals surface area contributed by atoms with Gasteiger partial charge in [0, 0.05) is 17.3 Å². The number of hydrogen-bond acceptors (Lipinski definition) is 4. The second kappa shape index (κ2) is 5.65. The first-order chi connectivity index (χ1) is 11.1. The van der Waals surface area contributed by atoms with E-state index in [9.17, 15) is 9.90 Å². The van der Waals surface area contributed by atoms with Gasteiger partial charge in [-0.1, -0.05) is 12.1 Å². The van der Waals surface area contributed by atoms with E-state index >= 15 is 0 Å². The molecule has 2 aromatic rings. The number of nitrogens with two attached hydrogens (primary N) is 1. The van der Waals surface area contributed by atoms with Crippen LogP contribution < -0.4 is 5.73 Å². The summed E-state index contributed by atoms with van der Waals surface area (Å²) in [5.41, 5.74) is 7.69. The lowest BCUT2D eigenvalue weighted by Gasteiger charge is -2.45. The van der Waals surface area contributed by atoms with Crippen LogP contribution in [-0.2, 0) is 0 Å². The van der Waals surface area contributed by atoms with Crippen molar-refractivity contribution in [1.82, 2.24) is 4.90 Å². The quantitative estimate of drug-likeness (QED) is 0.910. The van der Waals surface area contributed by atoms with Gasteiger partial charge in [-0.2, -0.15) is 0 Å². The Morgan fingerprint density at radius 2 is 2.04 bits per heavy atom. The van der Waals surface area contributed by atoms with Gasteiger partial charge in [-0.25, -0.2) is 0 Å². The number of rotatable bonds is 3. The maximum atomic E-state index is 12.0. The van der Waals surface area contributed by atoms with Crippen LogP contribution in [0.1, 0.15) is 34.0 Å². The summed E-state index contributed by atoms with van der Waals surface area (Å²) in [6, 6.07) is 9.28. The van der Waals surface area contributed by atoms with Crippen molar-refractivity contribution in [3.8, 4) is 16.2 Å².